The van der Waals surface area contributed by atoms with Crippen molar-refractivity contribution in [3.8, 4) is 0 Å². The Bertz CT molecular complexity index is 4170. The number of nitrogens with zero attached hydrogens (tertiary/aromatic N) is 7. The lowest BCUT2D eigenvalue weighted by molar-refractivity contribution is 0.284. The molecule has 7 rings (SSSR count). The topological polar surface area (TPSA) is 439 Å². The zero-order valence-electron chi connectivity index (χ0n) is 37.0. The van der Waals surface area contributed by atoms with E-state index in [1.165, 1.54) is 66.7 Å². The van der Waals surface area contributed by atoms with Crippen molar-refractivity contribution in [1.29, 1.82) is 0 Å². The third-order valence-electron chi connectivity index (χ3n) is 9.81. The van der Waals surface area contributed by atoms with Gasteiger partial charge in [0.15, 0.2) is 9.84 Å². The standard InChI is InChI=1S/C40H34N10O18S6/c1-23-19-25(9-13-31(23)47-48-32-14-15-33(30-21-27(70(53,54)55)10-12-29(30)32)49-50-34-7-2-3-8-36(34)72(59,60)61)42-39-44-38(41-24-5-4-6-26(20-24)69(51,52)18-17-68-74(65,66)67)45-40(46-39)43-35-22-28(71(56,57)58)11-16-37(35)73(62,63)64/h2-16,19-22H,17-18H2,1H3,(H,53,54,55)(H,56,57,58)(H,59,60,61)(H,62,63,64)(H,65,66,67)(H3,41,42,43,44,45,46). The lowest BCUT2D eigenvalue weighted by Gasteiger charge is -2.14. The second kappa shape index (κ2) is 20.9. The number of sulfone groups is 1. The molecule has 0 saturated heterocycles. The van der Waals surface area contributed by atoms with E-state index in [1.807, 2.05) is 0 Å². The van der Waals surface area contributed by atoms with Gasteiger partial charge in [-0.05, 0) is 103 Å². The van der Waals surface area contributed by atoms with Crippen LogP contribution in [0.5, 0.6) is 0 Å². The van der Waals surface area contributed by atoms with Gasteiger partial charge in [-0.1, -0.05) is 24.3 Å². The highest BCUT2D eigenvalue weighted by atomic mass is 32.3. The number of hydrogen-bond acceptors (Lipinski definition) is 23. The van der Waals surface area contributed by atoms with Crippen LogP contribution >= 0.6 is 0 Å². The summed E-state index contributed by atoms with van der Waals surface area (Å²) in [6.07, 6.45) is 0. The zero-order chi connectivity index (χ0) is 54.0. The van der Waals surface area contributed by atoms with E-state index >= 15 is 0 Å². The van der Waals surface area contributed by atoms with E-state index in [4.69, 9.17) is 4.55 Å². The normalized spacial score (nSPS) is 12.9. The van der Waals surface area contributed by atoms with Crippen LogP contribution in [-0.4, -0.2) is 101 Å². The Balaban J connectivity index is 1.22. The van der Waals surface area contributed by atoms with Crippen molar-refractivity contribution in [2.24, 2.45) is 20.5 Å². The van der Waals surface area contributed by atoms with Crippen molar-refractivity contribution in [1.82, 2.24) is 15.0 Å². The van der Waals surface area contributed by atoms with Crippen molar-refractivity contribution in [2.45, 2.75) is 31.4 Å². The van der Waals surface area contributed by atoms with Gasteiger partial charge in [0.05, 0.1) is 49.8 Å². The Kier molecular flexibility index (Phi) is 15.4. The smallest absolute Gasteiger partial charge is 0.324 e. The number of anilines is 6. The van der Waals surface area contributed by atoms with Crippen molar-refractivity contribution < 1.29 is 77.5 Å². The average Bonchev–Trinajstić information content (AvgIpc) is 3.29. The van der Waals surface area contributed by atoms with Crippen molar-refractivity contribution in [3.05, 3.63) is 121 Å². The maximum absolute atomic E-state index is 13.0. The molecule has 0 aliphatic heterocycles. The summed E-state index contributed by atoms with van der Waals surface area (Å²) in [6, 6.07) is 23.0. The second-order valence-corrected chi connectivity index (χ2v) is 23.8. The summed E-state index contributed by atoms with van der Waals surface area (Å²) in [5.74, 6) is -2.08. The minimum Gasteiger partial charge on any atom is -0.324 e. The molecule has 6 aromatic carbocycles. The summed E-state index contributed by atoms with van der Waals surface area (Å²) in [5, 5.41) is 25.2. The van der Waals surface area contributed by atoms with Gasteiger partial charge in [0, 0.05) is 22.1 Å². The van der Waals surface area contributed by atoms with Crippen LogP contribution in [0.15, 0.2) is 160 Å². The molecule has 1 heterocycles. The highest BCUT2D eigenvalue weighted by Gasteiger charge is 2.23. The predicted molar refractivity (Wildman–Crippen MR) is 261 cm³/mol. The molecule has 0 spiro atoms. The lowest BCUT2D eigenvalue weighted by atomic mass is 10.1. The van der Waals surface area contributed by atoms with Gasteiger partial charge in [0.25, 0.3) is 40.5 Å². The van der Waals surface area contributed by atoms with E-state index in [9.17, 15) is 68.7 Å². The van der Waals surface area contributed by atoms with Crippen molar-refractivity contribution in [3.63, 3.8) is 0 Å². The van der Waals surface area contributed by atoms with Gasteiger partial charge < -0.3 is 16.0 Å². The number of fused-ring (bicyclic) bond motifs is 1. The van der Waals surface area contributed by atoms with E-state index < -0.39 is 104 Å². The van der Waals surface area contributed by atoms with Gasteiger partial charge in [-0.3, -0.25) is 22.8 Å². The summed E-state index contributed by atoms with van der Waals surface area (Å²) >= 11 is 0. The van der Waals surface area contributed by atoms with Gasteiger partial charge in [-0.25, -0.2) is 12.6 Å². The fourth-order valence-corrected chi connectivity index (χ4v) is 10.3. The Morgan fingerprint density at radius 3 is 1.58 bits per heavy atom. The van der Waals surface area contributed by atoms with E-state index in [0.29, 0.717) is 23.8 Å². The molecule has 8 N–H and O–H groups in total. The van der Waals surface area contributed by atoms with E-state index in [2.05, 4.69) is 55.5 Å². The molecule has 0 radical (unpaired) electrons. The van der Waals surface area contributed by atoms with Gasteiger partial charge in [-0.15, -0.1) is 15.3 Å². The molecule has 28 nitrogen and oxygen atoms in total. The Morgan fingerprint density at radius 2 is 0.986 bits per heavy atom. The third-order valence-corrected chi connectivity index (χ3v) is 15.5. The minimum atomic E-state index is -5.07. The second-order valence-electron chi connectivity index (χ2n) is 15.0. The van der Waals surface area contributed by atoms with E-state index in [1.54, 1.807) is 13.0 Å². The lowest BCUT2D eigenvalue weighted by Crippen LogP contribution is -2.15. The molecule has 0 atom stereocenters. The molecule has 0 unspecified atom stereocenters. The van der Waals surface area contributed by atoms with E-state index in [-0.39, 0.29) is 61.7 Å². The van der Waals surface area contributed by atoms with Gasteiger partial charge in [-0.2, -0.15) is 62.2 Å². The number of hydrogen-bond donors (Lipinski definition) is 8. The fraction of sp³-hybridized carbons (Fsp3) is 0.0750. The molecule has 1 aromatic heterocycles. The number of aryl methyl sites for hydroxylation is 1. The number of aromatic nitrogens is 3. The zero-order valence-corrected chi connectivity index (χ0v) is 41.9. The number of azo groups is 2. The first-order valence-electron chi connectivity index (χ1n) is 20.1. The molecule has 0 amide bonds. The van der Waals surface area contributed by atoms with Crippen LogP contribution in [0.1, 0.15) is 5.56 Å². The van der Waals surface area contributed by atoms with Crippen LogP contribution in [0.4, 0.5) is 57.7 Å². The highest BCUT2D eigenvalue weighted by molar-refractivity contribution is 7.91. The summed E-state index contributed by atoms with van der Waals surface area (Å²) in [7, 11) is -28.6. The van der Waals surface area contributed by atoms with Crippen LogP contribution in [0.25, 0.3) is 10.8 Å². The quantitative estimate of drug-likeness (QED) is 0.0299. The maximum atomic E-state index is 13.0. The average molecular weight is 1140 g/mol. The molecule has 34 heteroatoms. The number of benzene rings is 6. The Hall–Kier alpha value is -7.35. The molecule has 0 aliphatic carbocycles. The number of rotatable bonds is 19. The van der Waals surface area contributed by atoms with E-state index in [0.717, 1.165) is 24.3 Å². The van der Waals surface area contributed by atoms with Crippen LogP contribution in [0.3, 0.4) is 0 Å². The van der Waals surface area contributed by atoms with Gasteiger partial charge in [0.1, 0.15) is 15.5 Å². The summed E-state index contributed by atoms with van der Waals surface area (Å²) in [5.41, 5.74) is 0.317. The summed E-state index contributed by atoms with van der Waals surface area (Å²) < 4.78 is 196. The molecular weight excluding hydrogens is 1100 g/mol. The first-order chi connectivity index (χ1) is 34.4. The van der Waals surface area contributed by atoms with Crippen molar-refractivity contribution in [2.75, 3.05) is 28.3 Å². The molecule has 0 bridgehead atoms. The van der Waals surface area contributed by atoms with Gasteiger partial charge >= 0.3 is 10.4 Å². The van der Waals surface area contributed by atoms with Crippen LogP contribution in [0, 0.1) is 6.92 Å². The van der Waals surface area contributed by atoms with Crippen LogP contribution < -0.4 is 16.0 Å². The highest BCUT2D eigenvalue weighted by Crippen LogP contribution is 2.38. The van der Waals surface area contributed by atoms with Crippen LogP contribution in [-0.2, 0) is 64.9 Å². The predicted octanol–water partition coefficient (Wildman–Crippen LogP) is 6.97. The largest absolute Gasteiger partial charge is 0.397 e. The summed E-state index contributed by atoms with van der Waals surface area (Å²) in [4.78, 5) is 9.60. The maximum Gasteiger partial charge on any atom is 0.397 e. The first kappa shape index (κ1) is 54.4. The molecule has 0 fully saturated rings. The van der Waals surface area contributed by atoms with Crippen molar-refractivity contribution >= 4 is 129 Å². The SMILES string of the molecule is Cc1cc(Nc2nc(Nc3cccc(S(=O)(=O)CCOS(=O)(=O)O)c3)nc(Nc3cc(S(=O)(=O)O)ccc3S(=O)(=O)O)n2)ccc1N=Nc1ccc(N=Nc2ccccc2S(=O)(=O)O)c2cc(S(=O)(=O)O)ccc12. The monoisotopic (exact) mass is 1130 g/mol. The molecule has 74 heavy (non-hydrogen) atoms. The molecular formula is C40H34N10O18S6. The fourth-order valence-electron chi connectivity index (χ4n) is 6.50. The van der Waals surface area contributed by atoms with Crippen LogP contribution in [0.2, 0.25) is 0 Å². The molecule has 0 saturated carbocycles. The van der Waals surface area contributed by atoms with Gasteiger partial charge in [0.2, 0.25) is 17.8 Å². The molecule has 0 aliphatic rings. The Labute approximate surface area is 420 Å². The number of nitrogens with one attached hydrogen (secondary N) is 3. The summed E-state index contributed by atoms with van der Waals surface area (Å²) in [6.45, 7) is 0.710. The Morgan fingerprint density at radius 1 is 0.459 bits per heavy atom. The molecule has 388 valence electrons. The minimum absolute atomic E-state index is 0.00485. The first-order valence-corrected chi connectivity index (χ1v) is 28.9. The molecule has 7 aromatic rings. The third kappa shape index (κ3) is 13.8.